The van der Waals surface area contributed by atoms with Gasteiger partial charge in [0.25, 0.3) is 0 Å². The Morgan fingerprint density at radius 2 is 1.95 bits per heavy atom. The zero-order valence-corrected chi connectivity index (χ0v) is 11.7. The maximum absolute atomic E-state index is 12.5. The van der Waals surface area contributed by atoms with Crippen LogP contribution in [0.4, 0.5) is 13.2 Å². The number of hydrogen-bond acceptors (Lipinski definition) is 3. The highest BCUT2D eigenvalue weighted by atomic mass is 32.2. The summed E-state index contributed by atoms with van der Waals surface area (Å²) < 4.78 is 37.4. The second kappa shape index (κ2) is 5.80. The Kier molecular flexibility index (Phi) is 4.26. The van der Waals surface area contributed by atoms with E-state index in [2.05, 4.69) is 9.97 Å². The van der Waals surface area contributed by atoms with Crippen LogP contribution in [0.15, 0.2) is 29.4 Å². The van der Waals surface area contributed by atoms with E-state index in [0.29, 0.717) is 16.4 Å². The van der Waals surface area contributed by atoms with Gasteiger partial charge in [0.1, 0.15) is 0 Å². The molecular formula is C13H11F3N2O2S. The number of aromatic nitrogens is 2. The number of nitrogens with zero attached hydrogens (tertiary/aromatic N) is 1. The van der Waals surface area contributed by atoms with Crippen molar-refractivity contribution in [2.45, 2.75) is 17.8 Å². The first-order chi connectivity index (χ1) is 9.81. The summed E-state index contributed by atoms with van der Waals surface area (Å²) >= 11 is 1.26. The van der Waals surface area contributed by atoms with Gasteiger partial charge in [-0.25, -0.2) is 9.78 Å². The number of thioether (sulfide) groups is 1. The summed E-state index contributed by atoms with van der Waals surface area (Å²) in [6.07, 6.45) is -2.47. The van der Waals surface area contributed by atoms with E-state index in [1.54, 1.807) is 6.26 Å². The molecule has 2 N–H and O–H groups in total. The molecule has 2 rings (SSSR count). The van der Waals surface area contributed by atoms with Crippen LogP contribution in [-0.2, 0) is 12.6 Å². The van der Waals surface area contributed by atoms with E-state index in [9.17, 15) is 18.0 Å². The molecule has 2 aromatic rings. The first-order valence-electron chi connectivity index (χ1n) is 5.83. The van der Waals surface area contributed by atoms with Gasteiger partial charge < -0.3 is 10.1 Å². The van der Waals surface area contributed by atoms with Crippen molar-refractivity contribution in [3.05, 3.63) is 46.8 Å². The highest BCUT2D eigenvalue weighted by Gasteiger charge is 2.30. The van der Waals surface area contributed by atoms with E-state index in [4.69, 9.17) is 5.11 Å². The standard InChI is InChI=1S/C13H11F3N2O2S/c1-21-12-17-9(10(18-12)11(19)20)6-7-2-4-8(5-3-7)13(14,15)16/h2-5H,6H2,1H3,(H,17,18)(H,19,20). The monoisotopic (exact) mass is 316 g/mol. The molecule has 0 atom stereocenters. The number of nitrogens with one attached hydrogen (secondary N) is 1. The average molecular weight is 316 g/mol. The number of halogens is 3. The zero-order chi connectivity index (χ0) is 15.6. The van der Waals surface area contributed by atoms with Gasteiger partial charge in [-0.3, -0.25) is 0 Å². The largest absolute Gasteiger partial charge is 0.476 e. The topological polar surface area (TPSA) is 66.0 Å². The summed E-state index contributed by atoms with van der Waals surface area (Å²) in [7, 11) is 0. The highest BCUT2D eigenvalue weighted by molar-refractivity contribution is 7.98. The van der Waals surface area contributed by atoms with Crippen molar-refractivity contribution in [3.63, 3.8) is 0 Å². The molecule has 0 saturated carbocycles. The van der Waals surface area contributed by atoms with Crippen LogP contribution >= 0.6 is 11.8 Å². The van der Waals surface area contributed by atoms with Crippen molar-refractivity contribution in [2.75, 3.05) is 6.26 Å². The van der Waals surface area contributed by atoms with Gasteiger partial charge in [-0.05, 0) is 24.0 Å². The summed E-state index contributed by atoms with van der Waals surface area (Å²) in [5, 5.41) is 9.52. The van der Waals surface area contributed by atoms with Gasteiger partial charge in [0.15, 0.2) is 10.9 Å². The van der Waals surface area contributed by atoms with Gasteiger partial charge in [-0.1, -0.05) is 23.9 Å². The number of hydrogen-bond donors (Lipinski definition) is 2. The number of carboxylic acid groups (broad SMARTS) is 1. The van der Waals surface area contributed by atoms with Crippen LogP contribution in [0.5, 0.6) is 0 Å². The van der Waals surface area contributed by atoms with Crippen molar-refractivity contribution in [1.29, 1.82) is 0 Å². The number of carbonyl (C=O) groups is 1. The van der Waals surface area contributed by atoms with E-state index in [-0.39, 0.29) is 12.1 Å². The number of carboxylic acids is 1. The van der Waals surface area contributed by atoms with Gasteiger partial charge in [-0.2, -0.15) is 13.2 Å². The highest BCUT2D eigenvalue weighted by Crippen LogP contribution is 2.29. The molecule has 112 valence electrons. The minimum absolute atomic E-state index is 0.112. The Hall–Kier alpha value is -1.96. The third kappa shape index (κ3) is 3.57. The molecule has 0 amide bonds. The maximum Gasteiger partial charge on any atom is 0.416 e. The molecule has 0 spiro atoms. The average Bonchev–Trinajstić information content (AvgIpc) is 2.81. The summed E-state index contributed by atoms with van der Waals surface area (Å²) in [5.41, 5.74) is 0.0896. The second-order valence-electron chi connectivity index (χ2n) is 4.25. The minimum atomic E-state index is -4.38. The van der Waals surface area contributed by atoms with Crippen LogP contribution < -0.4 is 0 Å². The van der Waals surface area contributed by atoms with Crippen LogP contribution in [0, 0.1) is 0 Å². The van der Waals surface area contributed by atoms with E-state index < -0.39 is 17.7 Å². The Labute approximate surface area is 122 Å². The van der Waals surface area contributed by atoms with Crippen molar-refractivity contribution in [3.8, 4) is 0 Å². The van der Waals surface area contributed by atoms with E-state index in [0.717, 1.165) is 12.1 Å². The normalized spacial score (nSPS) is 11.6. The molecule has 4 nitrogen and oxygen atoms in total. The Balaban J connectivity index is 2.26. The molecule has 8 heteroatoms. The van der Waals surface area contributed by atoms with E-state index in [1.165, 1.54) is 23.9 Å². The Bertz CT molecular complexity index is 650. The SMILES string of the molecule is CSc1nc(C(=O)O)c(Cc2ccc(C(F)(F)F)cc2)[nH]1. The predicted molar refractivity (Wildman–Crippen MR) is 71.6 cm³/mol. The second-order valence-corrected chi connectivity index (χ2v) is 5.04. The summed E-state index contributed by atoms with van der Waals surface area (Å²) in [6, 6.07) is 4.60. The molecule has 1 aromatic heterocycles. The number of H-pyrrole nitrogens is 1. The molecule has 0 unspecified atom stereocenters. The smallest absolute Gasteiger partial charge is 0.416 e. The number of aromatic carboxylic acids is 1. The number of rotatable bonds is 4. The Morgan fingerprint density at radius 1 is 1.33 bits per heavy atom. The van der Waals surface area contributed by atoms with Crippen LogP contribution in [0.25, 0.3) is 0 Å². The molecule has 1 heterocycles. The van der Waals surface area contributed by atoms with Crippen molar-refractivity contribution in [2.24, 2.45) is 0 Å². The molecule has 0 aliphatic heterocycles. The van der Waals surface area contributed by atoms with Crippen LogP contribution in [0.1, 0.15) is 27.3 Å². The molecule has 1 aromatic carbocycles. The molecule has 0 aliphatic carbocycles. The molecule has 0 fully saturated rings. The van der Waals surface area contributed by atoms with Crippen LogP contribution in [-0.4, -0.2) is 27.3 Å². The first-order valence-corrected chi connectivity index (χ1v) is 7.06. The van der Waals surface area contributed by atoms with Crippen molar-refractivity contribution >= 4 is 17.7 Å². The van der Waals surface area contributed by atoms with Crippen molar-refractivity contribution in [1.82, 2.24) is 9.97 Å². The maximum atomic E-state index is 12.5. The predicted octanol–water partition coefficient (Wildman–Crippen LogP) is 3.44. The fourth-order valence-electron chi connectivity index (χ4n) is 1.80. The third-order valence-corrected chi connectivity index (χ3v) is 3.40. The molecule has 0 aliphatic rings. The molecule has 21 heavy (non-hydrogen) atoms. The van der Waals surface area contributed by atoms with Gasteiger partial charge in [0.2, 0.25) is 0 Å². The zero-order valence-electron chi connectivity index (χ0n) is 10.9. The summed E-state index contributed by atoms with van der Waals surface area (Å²) in [5.74, 6) is -1.17. The lowest BCUT2D eigenvalue weighted by Crippen LogP contribution is -2.05. The van der Waals surface area contributed by atoms with E-state index >= 15 is 0 Å². The fourth-order valence-corrected chi connectivity index (χ4v) is 2.21. The van der Waals surface area contributed by atoms with Crippen LogP contribution in [0.2, 0.25) is 0 Å². The molecule has 0 saturated heterocycles. The first kappa shape index (κ1) is 15.4. The Morgan fingerprint density at radius 3 is 2.43 bits per heavy atom. The molecular weight excluding hydrogens is 305 g/mol. The lowest BCUT2D eigenvalue weighted by molar-refractivity contribution is -0.137. The minimum Gasteiger partial charge on any atom is -0.476 e. The van der Waals surface area contributed by atoms with Gasteiger partial charge in [0, 0.05) is 6.42 Å². The van der Waals surface area contributed by atoms with Gasteiger partial charge in [-0.15, -0.1) is 0 Å². The number of imidazole rings is 1. The number of aromatic amines is 1. The van der Waals surface area contributed by atoms with E-state index in [1.807, 2.05) is 0 Å². The molecule has 0 bridgehead atoms. The van der Waals surface area contributed by atoms with Crippen LogP contribution in [0.3, 0.4) is 0 Å². The number of alkyl halides is 3. The van der Waals surface area contributed by atoms with Crippen molar-refractivity contribution < 1.29 is 23.1 Å². The summed E-state index contributed by atoms with van der Waals surface area (Å²) in [6.45, 7) is 0. The molecule has 0 radical (unpaired) electrons. The summed E-state index contributed by atoms with van der Waals surface area (Å²) in [4.78, 5) is 17.9. The van der Waals surface area contributed by atoms with Gasteiger partial charge >= 0.3 is 12.1 Å². The fraction of sp³-hybridized carbons (Fsp3) is 0.231. The lowest BCUT2D eigenvalue weighted by atomic mass is 10.1. The number of benzene rings is 1. The van der Waals surface area contributed by atoms with Gasteiger partial charge in [0.05, 0.1) is 11.3 Å². The third-order valence-electron chi connectivity index (χ3n) is 2.82. The quantitative estimate of drug-likeness (QED) is 0.848. The lowest BCUT2D eigenvalue weighted by Gasteiger charge is -2.07.